The van der Waals surface area contributed by atoms with Gasteiger partial charge in [0.2, 0.25) is 5.95 Å². The SMILES string of the molecule is O=C1CC(c2cccs2)CC2=C1C(c1ccc([N+](=O)[O-])cc1)n1ncnc1N2. The lowest BCUT2D eigenvalue weighted by Gasteiger charge is -2.34. The van der Waals surface area contributed by atoms with Crippen LogP contribution in [-0.4, -0.2) is 25.5 Å². The van der Waals surface area contributed by atoms with Crippen molar-refractivity contribution in [3.8, 4) is 0 Å². The lowest BCUT2D eigenvalue weighted by molar-refractivity contribution is -0.384. The van der Waals surface area contributed by atoms with E-state index in [0.717, 1.165) is 17.7 Å². The number of Topliss-reactive ketones (excluding diaryl/α,β-unsaturated/α-hetero) is 1. The molecular weight excluding hydrogens is 378 g/mol. The fourth-order valence-corrected chi connectivity index (χ4v) is 4.79. The first-order chi connectivity index (χ1) is 13.6. The molecule has 2 aromatic heterocycles. The van der Waals surface area contributed by atoms with Crippen LogP contribution in [0.4, 0.5) is 11.6 Å². The molecule has 0 radical (unpaired) electrons. The second kappa shape index (κ2) is 6.38. The van der Waals surface area contributed by atoms with Gasteiger partial charge in [0.1, 0.15) is 12.4 Å². The quantitative estimate of drug-likeness (QED) is 0.538. The molecule has 140 valence electrons. The summed E-state index contributed by atoms with van der Waals surface area (Å²) in [5.74, 6) is 0.782. The van der Waals surface area contributed by atoms with Gasteiger partial charge >= 0.3 is 0 Å². The summed E-state index contributed by atoms with van der Waals surface area (Å²) in [6.45, 7) is 0. The summed E-state index contributed by atoms with van der Waals surface area (Å²) in [7, 11) is 0. The number of anilines is 1. The van der Waals surface area contributed by atoms with E-state index in [-0.39, 0.29) is 17.4 Å². The van der Waals surface area contributed by atoms with E-state index in [0.29, 0.717) is 17.9 Å². The molecule has 2 aliphatic rings. The van der Waals surface area contributed by atoms with Crippen molar-refractivity contribution in [2.45, 2.75) is 24.8 Å². The number of nitro groups is 1. The van der Waals surface area contributed by atoms with Crippen LogP contribution < -0.4 is 5.32 Å². The van der Waals surface area contributed by atoms with Gasteiger partial charge in [0.25, 0.3) is 5.69 Å². The number of nitrogens with zero attached hydrogens (tertiary/aromatic N) is 4. The highest BCUT2D eigenvalue weighted by molar-refractivity contribution is 7.10. The average Bonchev–Trinajstić information content (AvgIpc) is 3.38. The predicted molar refractivity (Wildman–Crippen MR) is 103 cm³/mol. The molecule has 1 aliphatic heterocycles. The molecular formula is C19H15N5O3S. The minimum Gasteiger partial charge on any atom is -0.328 e. The van der Waals surface area contributed by atoms with E-state index in [1.165, 1.54) is 23.3 Å². The largest absolute Gasteiger partial charge is 0.328 e. The zero-order valence-electron chi connectivity index (χ0n) is 14.6. The van der Waals surface area contributed by atoms with Crippen LogP contribution in [0, 0.1) is 10.1 Å². The maximum atomic E-state index is 13.2. The Morgan fingerprint density at radius 2 is 2.04 bits per heavy atom. The second-order valence-electron chi connectivity index (χ2n) is 6.84. The van der Waals surface area contributed by atoms with E-state index in [9.17, 15) is 14.9 Å². The van der Waals surface area contributed by atoms with Crippen LogP contribution in [0.1, 0.15) is 35.2 Å². The van der Waals surface area contributed by atoms with Crippen LogP contribution in [-0.2, 0) is 4.79 Å². The number of non-ortho nitro benzene ring substituents is 1. The number of hydrogen-bond donors (Lipinski definition) is 1. The summed E-state index contributed by atoms with van der Waals surface area (Å²) in [5, 5.41) is 20.6. The molecule has 0 bridgehead atoms. The maximum absolute atomic E-state index is 13.2. The van der Waals surface area contributed by atoms with Crippen molar-refractivity contribution in [1.29, 1.82) is 0 Å². The number of fused-ring (bicyclic) bond motifs is 1. The summed E-state index contributed by atoms with van der Waals surface area (Å²) in [6, 6.07) is 9.90. The number of hydrogen-bond acceptors (Lipinski definition) is 7. The molecule has 0 saturated carbocycles. The van der Waals surface area contributed by atoms with Crippen molar-refractivity contribution in [1.82, 2.24) is 14.8 Å². The third kappa shape index (κ3) is 2.63. The smallest absolute Gasteiger partial charge is 0.269 e. The fourth-order valence-electron chi connectivity index (χ4n) is 3.96. The number of benzene rings is 1. The fraction of sp³-hybridized carbons (Fsp3) is 0.211. The van der Waals surface area contributed by atoms with Crippen LogP contribution in [0.5, 0.6) is 0 Å². The highest BCUT2D eigenvalue weighted by Gasteiger charge is 2.39. The van der Waals surface area contributed by atoms with Gasteiger partial charge in [-0.3, -0.25) is 14.9 Å². The molecule has 0 amide bonds. The van der Waals surface area contributed by atoms with Crippen LogP contribution >= 0.6 is 11.3 Å². The molecule has 0 spiro atoms. The Morgan fingerprint density at radius 1 is 1.21 bits per heavy atom. The van der Waals surface area contributed by atoms with Gasteiger partial charge in [-0.05, 0) is 35.6 Å². The number of aromatic nitrogens is 3. The van der Waals surface area contributed by atoms with Crippen molar-refractivity contribution in [2.24, 2.45) is 0 Å². The van der Waals surface area contributed by atoms with Gasteiger partial charge in [-0.15, -0.1) is 11.3 Å². The Morgan fingerprint density at radius 3 is 2.75 bits per heavy atom. The van der Waals surface area contributed by atoms with E-state index in [2.05, 4.69) is 21.5 Å². The van der Waals surface area contributed by atoms with E-state index >= 15 is 0 Å². The number of ketones is 1. The predicted octanol–water partition coefficient (Wildman–Crippen LogP) is 3.66. The monoisotopic (exact) mass is 393 g/mol. The van der Waals surface area contributed by atoms with Crippen LogP contribution in [0.15, 0.2) is 59.4 Å². The summed E-state index contributed by atoms with van der Waals surface area (Å²) in [5.41, 5.74) is 2.31. The number of carbonyl (C=O) groups is 1. The van der Waals surface area contributed by atoms with E-state index in [1.807, 2.05) is 11.4 Å². The van der Waals surface area contributed by atoms with Crippen molar-refractivity contribution < 1.29 is 9.72 Å². The molecule has 1 N–H and O–H groups in total. The molecule has 0 saturated heterocycles. The first-order valence-electron chi connectivity index (χ1n) is 8.82. The number of nitrogens with one attached hydrogen (secondary N) is 1. The molecule has 8 nitrogen and oxygen atoms in total. The average molecular weight is 393 g/mol. The normalized spacial score (nSPS) is 21.1. The molecule has 9 heteroatoms. The molecule has 1 aliphatic carbocycles. The Hall–Kier alpha value is -3.33. The molecule has 0 fully saturated rings. The molecule has 3 aromatic rings. The first kappa shape index (κ1) is 16.8. The lowest BCUT2D eigenvalue weighted by Crippen LogP contribution is -2.33. The van der Waals surface area contributed by atoms with Gasteiger partial charge in [-0.1, -0.05) is 6.07 Å². The van der Waals surface area contributed by atoms with E-state index in [4.69, 9.17) is 0 Å². The number of rotatable bonds is 3. The third-order valence-corrected chi connectivity index (χ3v) is 6.26. The third-order valence-electron chi connectivity index (χ3n) is 5.23. The highest BCUT2D eigenvalue weighted by atomic mass is 32.1. The zero-order chi connectivity index (χ0) is 19.3. The van der Waals surface area contributed by atoms with Crippen molar-refractivity contribution in [3.05, 3.63) is 79.9 Å². The van der Waals surface area contributed by atoms with E-state index < -0.39 is 11.0 Å². The number of nitro benzene ring substituents is 1. The van der Waals surface area contributed by atoms with Gasteiger partial charge in [-0.25, -0.2) is 4.68 Å². The van der Waals surface area contributed by atoms with Gasteiger partial charge < -0.3 is 5.32 Å². The molecule has 2 unspecified atom stereocenters. The summed E-state index contributed by atoms with van der Waals surface area (Å²) in [6.07, 6.45) is 2.60. The van der Waals surface area contributed by atoms with E-state index in [1.54, 1.807) is 28.2 Å². The van der Waals surface area contributed by atoms with Crippen LogP contribution in [0.2, 0.25) is 0 Å². The van der Waals surface area contributed by atoms with Crippen molar-refractivity contribution >= 4 is 28.8 Å². The Balaban J connectivity index is 1.59. The molecule has 5 rings (SSSR count). The Kier molecular flexibility index (Phi) is 3.83. The highest BCUT2D eigenvalue weighted by Crippen LogP contribution is 2.44. The second-order valence-corrected chi connectivity index (χ2v) is 7.82. The molecule has 28 heavy (non-hydrogen) atoms. The number of thiophene rings is 1. The summed E-state index contributed by atoms with van der Waals surface area (Å²) in [4.78, 5) is 29.2. The molecule has 2 atom stereocenters. The topological polar surface area (TPSA) is 103 Å². The molecule has 1 aromatic carbocycles. The van der Waals surface area contributed by atoms with Crippen molar-refractivity contribution in [3.63, 3.8) is 0 Å². The maximum Gasteiger partial charge on any atom is 0.269 e. The Labute approximate surface area is 163 Å². The molecule has 3 heterocycles. The van der Waals surface area contributed by atoms with Gasteiger partial charge in [0.15, 0.2) is 5.78 Å². The number of carbonyl (C=O) groups excluding carboxylic acids is 1. The van der Waals surface area contributed by atoms with Gasteiger partial charge in [0.05, 0.1) is 4.92 Å². The summed E-state index contributed by atoms with van der Waals surface area (Å²) >= 11 is 1.66. The zero-order valence-corrected chi connectivity index (χ0v) is 15.4. The van der Waals surface area contributed by atoms with Crippen LogP contribution in [0.25, 0.3) is 0 Å². The van der Waals surface area contributed by atoms with Crippen LogP contribution in [0.3, 0.4) is 0 Å². The van der Waals surface area contributed by atoms with Crippen molar-refractivity contribution in [2.75, 3.05) is 5.32 Å². The summed E-state index contributed by atoms with van der Waals surface area (Å²) < 4.78 is 1.67. The number of allylic oxidation sites excluding steroid dienone is 2. The first-order valence-corrected chi connectivity index (χ1v) is 9.70. The minimum atomic E-state index is -0.439. The minimum absolute atomic E-state index is 0.0124. The Bertz CT molecular complexity index is 1100. The lowest BCUT2D eigenvalue weighted by atomic mass is 9.80. The van der Waals surface area contributed by atoms with Gasteiger partial charge in [-0.2, -0.15) is 10.1 Å². The standard InChI is InChI=1S/C19H15N5O3S/c25-15-9-12(16-2-1-7-28-16)8-14-17(15)18(23-19(22-14)20-10-21-23)11-3-5-13(6-4-11)24(26)27/h1-7,10,12,18H,8-9H2,(H,20,21,22). The van der Waals surface area contributed by atoms with Gasteiger partial charge in [0, 0.05) is 40.6 Å².